The Hall–Kier alpha value is -3.89. The van der Waals surface area contributed by atoms with Crippen LogP contribution in [0.4, 0.5) is 21.8 Å². The standard InChI is InChI=1S/C21H22FN7O3/c1-4-16(30)13-9-23-21(27-20(31)12-8-14(12)22)26-19(13)25-15-7-5-6-11(17(15)32-3)18-24-10-29(2)28-18/h5-7,9-10,12,14H,4,8H2,1-3H3,(H2,23,25,26,27,31)/t12-,14+/m0/s1. The molecular weight excluding hydrogens is 417 g/mol. The minimum atomic E-state index is -1.14. The van der Waals surface area contributed by atoms with Crippen molar-refractivity contribution in [2.45, 2.75) is 25.9 Å². The molecular formula is C21H22FN7O3. The van der Waals surface area contributed by atoms with E-state index in [4.69, 9.17) is 4.74 Å². The molecule has 1 amide bonds. The maximum absolute atomic E-state index is 13.2. The predicted octanol–water partition coefficient (Wildman–Crippen LogP) is 2.91. The number of para-hydroxylation sites is 1. The Labute approximate surface area is 183 Å². The van der Waals surface area contributed by atoms with E-state index in [1.54, 1.807) is 37.1 Å². The predicted molar refractivity (Wildman–Crippen MR) is 115 cm³/mol. The number of halogens is 1. The number of carbonyl (C=O) groups excluding carboxylic acids is 2. The third-order valence-corrected chi connectivity index (χ3v) is 5.01. The van der Waals surface area contributed by atoms with Crippen molar-refractivity contribution in [2.75, 3.05) is 17.7 Å². The number of ketones is 1. The number of alkyl halides is 1. The van der Waals surface area contributed by atoms with Gasteiger partial charge in [-0.05, 0) is 18.6 Å². The first-order valence-corrected chi connectivity index (χ1v) is 10.1. The van der Waals surface area contributed by atoms with Gasteiger partial charge in [0.05, 0.1) is 29.8 Å². The van der Waals surface area contributed by atoms with E-state index in [9.17, 15) is 14.0 Å². The SMILES string of the molecule is CCC(=O)c1cnc(NC(=O)[C@H]2C[C@H]2F)nc1Nc1cccc(-c2ncn(C)n2)c1OC. The first kappa shape index (κ1) is 21.3. The smallest absolute Gasteiger partial charge is 0.232 e. The van der Waals surface area contributed by atoms with Gasteiger partial charge < -0.3 is 10.1 Å². The van der Waals surface area contributed by atoms with Gasteiger partial charge in [0.25, 0.3) is 0 Å². The molecule has 0 unspecified atom stereocenters. The Kier molecular flexibility index (Phi) is 5.80. The van der Waals surface area contributed by atoms with Crippen LogP contribution < -0.4 is 15.4 Å². The fraction of sp³-hybridized carbons (Fsp3) is 0.333. The molecule has 1 aliphatic rings. The van der Waals surface area contributed by atoms with Crippen LogP contribution in [0.2, 0.25) is 0 Å². The third-order valence-electron chi connectivity index (χ3n) is 5.01. The number of methoxy groups -OCH3 is 1. The minimum absolute atomic E-state index is 0.0224. The minimum Gasteiger partial charge on any atom is -0.494 e. The molecule has 1 fully saturated rings. The number of hydrogen-bond acceptors (Lipinski definition) is 8. The molecule has 0 saturated heterocycles. The lowest BCUT2D eigenvalue weighted by Gasteiger charge is -2.15. The molecule has 2 heterocycles. The quantitative estimate of drug-likeness (QED) is 0.514. The summed E-state index contributed by atoms with van der Waals surface area (Å²) >= 11 is 0. The van der Waals surface area contributed by atoms with Crippen molar-refractivity contribution >= 4 is 29.1 Å². The highest BCUT2D eigenvalue weighted by atomic mass is 19.1. The zero-order valence-electron chi connectivity index (χ0n) is 17.8. The Balaban J connectivity index is 1.70. The number of hydrogen-bond donors (Lipinski definition) is 2. The Morgan fingerprint density at radius 3 is 2.72 bits per heavy atom. The molecule has 2 atom stereocenters. The summed E-state index contributed by atoms with van der Waals surface area (Å²) in [5.41, 5.74) is 1.42. The Morgan fingerprint density at radius 2 is 2.09 bits per heavy atom. The van der Waals surface area contributed by atoms with Crippen LogP contribution in [-0.4, -0.2) is 49.7 Å². The summed E-state index contributed by atoms with van der Waals surface area (Å²) in [6.07, 6.45) is 2.21. The highest BCUT2D eigenvalue weighted by Gasteiger charge is 2.44. The summed E-state index contributed by atoms with van der Waals surface area (Å²) in [5.74, 6) is -0.258. The van der Waals surface area contributed by atoms with Crippen molar-refractivity contribution in [1.29, 1.82) is 0 Å². The van der Waals surface area contributed by atoms with Crippen LogP contribution in [0.15, 0.2) is 30.7 Å². The van der Waals surface area contributed by atoms with Gasteiger partial charge in [-0.15, -0.1) is 0 Å². The van der Waals surface area contributed by atoms with Crippen molar-refractivity contribution < 1.29 is 18.7 Å². The number of rotatable bonds is 8. The van der Waals surface area contributed by atoms with Crippen molar-refractivity contribution in [3.63, 3.8) is 0 Å². The lowest BCUT2D eigenvalue weighted by atomic mass is 10.1. The van der Waals surface area contributed by atoms with Gasteiger partial charge in [-0.3, -0.25) is 19.6 Å². The summed E-state index contributed by atoms with van der Waals surface area (Å²) in [5, 5.41) is 9.93. The number of anilines is 3. The van der Waals surface area contributed by atoms with Crippen LogP contribution in [0.5, 0.6) is 5.75 Å². The average Bonchev–Trinajstić information content (AvgIpc) is 3.37. The lowest BCUT2D eigenvalue weighted by molar-refractivity contribution is -0.117. The van der Waals surface area contributed by atoms with Crippen molar-refractivity contribution in [3.05, 3.63) is 36.3 Å². The average molecular weight is 439 g/mol. The molecule has 1 aromatic carbocycles. The van der Waals surface area contributed by atoms with Crippen LogP contribution in [0, 0.1) is 5.92 Å². The molecule has 2 N–H and O–H groups in total. The number of amides is 1. The topological polar surface area (TPSA) is 124 Å². The van der Waals surface area contributed by atoms with Gasteiger partial charge >= 0.3 is 0 Å². The summed E-state index contributed by atoms with van der Waals surface area (Å²) in [4.78, 5) is 37.2. The summed E-state index contributed by atoms with van der Waals surface area (Å²) in [6.45, 7) is 1.73. The van der Waals surface area contributed by atoms with Crippen LogP contribution in [0.3, 0.4) is 0 Å². The van der Waals surface area contributed by atoms with Crippen LogP contribution in [-0.2, 0) is 11.8 Å². The summed E-state index contributed by atoms with van der Waals surface area (Å²) in [7, 11) is 3.27. The van der Waals surface area contributed by atoms with E-state index >= 15 is 0 Å². The molecule has 166 valence electrons. The fourth-order valence-electron chi connectivity index (χ4n) is 3.19. The molecule has 1 saturated carbocycles. The maximum atomic E-state index is 13.2. The lowest BCUT2D eigenvalue weighted by Crippen LogP contribution is -2.18. The van der Waals surface area contributed by atoms with E-state index in [-0.39, 0.29) is 36.0 Å². The zero-order chi connectivity index (χ0) is 22.8. The second kappa shape index (κ2) is 8.69. The van der Waals surface area contributed by atoms with Crippen molar-refractivity contribution in [3.8, 4) is 17.1 Å². The monoisotopic (exact) mass is 439 g/mol. The van der Waals surface area contributed by atoms with Crippen LogP contribution in [0.25, 0.3) is 11.4 Å². The fourth-order valence-corrected chi connectivity index (χ4v) is 3.19. The van der Waals surface area contributed by atoms with Gasteiger partial charge in [0.2, 0.25) is 11.9 Å². The normalized spacial score (nSPS) is 17.0. The van der Waals surface area contributed by atoms with Gasteiger partial charge in [0, 0.05) is 19.7 Å². The number of carbonyl (C=O) groups is 2. The number of aryl methyl sites for hydroxylation is 1. The van der Waals surface area contributed by atoms with E-state index < -0.39 is 18.0 Å². The molecule has 10 nitrogen and oxygen atoms in total. The number of nitrogens with zero attached hydrogens (tertiary/aromatic N) is 5. The number of aromatic nitrogens is 5. The van der Waals surface area contributed by atoms with Crippen molar-refractivity contribution in [2.24, 2.45) is 13.0 Å². The van der Waals surface area contributed by atoms with Gasteiger partial charge in [-0.25, -0.2) is 14.4 Å². The second-order valence-corrected chi connectivity index (χ2v) is 7.33. The van der Waals surface area contributed by atoms with E-state index in [0.717, 1.165) is 0 Å². The second-order valence-electron chi connectivity index (χ2n) is 7.33. The van der Waals surface area contributed by atoms with E-state index in [1.807, 2.05) is 6.07 Å². The van der Waals surface area contributed by atoms with E-state index in [2.05, 4.69) is 30.7 Å². The van der Waals surface area contributed by atoms with Gasteiger partial charge in [0.15, 0.2) is 17.4 Å². The van der Waals surface area contributed by atoms with Gasteiger partial charge in [0.1, 0.15) is 18.3 Å². The first-order chi connectivity index (χ1) is 15.4. The summed E-state index contributed by atoms with van der Waals surface area (Å²) in [6, 6.07) is 5.35. The highest BCUT2D eigenvalue weighted by molar-refractivity contribution is 6.01. The molecule has 0 radical (unpaired) electrons. The number of Topliss-reactive ketones (excluding diaryl/α,β-unsaturated/α-hetero) is 1. The molecule has 0 spiro atoms. The van der Waals surface area contributed by atoms with Gasteiger partial charge in [-0.1, -0.05) is 13.0 Å². The van der Waals surface area contributed by atoms with Crippen LogP contribution in [0.1, 0.15) is 30.1 Å². The van der Waals surface area contributed by atoms with Gasteiger partial charge in [-0.2, -0.15) is 10.1 Å². The Morgan fingerprint density at radius 1 is 1.31 bits per heavy atom. The Bertz CT molecular complexity index is 1180. The van der Waals surface area contributed by atoms with Crippen molar-refractivity contribution in [1.82, 2.24) is 24.7 Å². The number of nitrogens with one attached hydrogen (secondary N) is 2. The molecule has 11 heteroatoms. The largest absolute Gasteiger partial charge is 0.494 e. The third kappa shape index (κ3) is 4.27. The molecule has 3 aromatic rings. The van der Waals surface area contributed by atoms with Crippen LogP contribution >= 0.6 is 0 Å². The summed E-state index contributed by atoms with van der Waals surface area (Å²) < 4.78 is 20.4. The van der Waals surface area contributed by atoms with E-state index in [0.29, 0.717) is 22.8 Å². The number of benzene rings is 1. The van der Waals surface area contributed by atoms with E-state index in [1.165, 1.54) is 13.3 Å². The molecule has 2 aromatic heterocycles. The molecule has 1 aliphatic carbocycles. The first-order valence-electron chi connectivity index (χ1n) is 10.1. The highest BCUT2D eigenvalue weighted by Crippen LogP contribution is 2.37. The molecule has 32 heavy (non-hydrogen) atoms. The zero-order valence-corrected chi connectivity index (χ0v) is 17.8. The number of ether oxygens (including phenoxy) is 1. The molecule has 4 rings (SSSR count). The maximum Gasteiger partial charge on any atom is 0.232 e. The molecule has 0 bridgehead atoms. The molecule has 0 aliphatic heterocycles.